The Kier molecular flexibility index (Phi) is 8.58. The van der Waals surface area contributed by atoms with Gasteiger partial charge >= 0.3 is 0 Å². The van der Waals surface area contributed by atoms with Crippen LogP contribution in [-0.2, 0) is 19.5 Å². The molecule has 0 spiro atoms. The smallest absolute Gasteiger partial charge is 0 e. The van der Waals surface area contributed by atoms with Gasteiger partial charge in [0.25, 0.3) is 0 Å². The van der Waals surface area contributed by atoms with Crippen LogP contribution in [0.15, 0.2) is 30.3 Å². The van der Waals surface area contributed by atoms with Gasteiger partial charge in [0.1, 0.15) is 0 Å². The second-order valence-electron chi connectivity index (χ2n) is 0.962. The summed E-state index contributed by atoms with van der Waals surface area (Å²) in [6, 6.07) is 10.0. The van der Waals surface area contributed by atoms with E-state index in [0.717, 1.165) is 0 Å². The van der Waals surface area contributed by atoms with Crippen molar-refractivity contribution in [3.05, 3.63) is 37.8 Å². The van der Waals surface area contributed by atoms with Crippen LogP contribution in [0.2, 0.25) is 0 Å². The van der Waals surface area contributed by atoms with Crippen molar-refractivity contribution in [1.82, 2.24) is 0 Å². The molecule has 0 aliphatic carbocycles. The summed E-state index contributed by atoms with van der Waals surface area (Å²) >= 11 is 0. The zero-order valence-corrected chi connectivity index (χ0v) is 7.56. The molecule has 0 saturated carbocycles. The van der Waals surface area contributed by atoms with Crippen LogP contribution < -0.4 is 0 Å². The first-order chi connectivity index (χ1) is 2.50. The molecule has 0 nitrogen and oxygen atoms in total. The minimum atomic E-state index is 0. The molecule has 0 fully saturated rings. The molecule has 0 saturated heterocycles. The average Bonchev–Trinajstić information content (AvgIpc) is 1.76. The Bertz CT molecular complexity index is 60.7. The van der Waals surface area contributed by atoms with E-state index in [4.69, 9.17) is 0 Å². The van der Waals surface area contributed by atoms with Crippen molar-refractivity contribution < 1.29 is 19.5 Å². The van der Waals surface area contributed by atoms with E-state index >= 15 is 0 Å². The largest absolute Gasteiger partial charge is 0.358 e. The number of rotatable bonds is 0. The molecule has 0 N–H and O–H groups in total. The predicted molar refractivity (Wildman–Crippen MR) is 28.4 cm³/mol. The molecule has 0 aromatic heterocycles. The molecule has 0 heterocycles. The monoisotopic (exact) mass is 144 g/mol. The van der Waals surface area contributed by atoms with E-state index < -0.39 is 0 Å². The molecule has 0 atom stereocenters. The van der Waals surface area contributed by atoms with Gasteiger partial charge in [-0.25, -0.2) is 12.1 Å². The van der Waals surface area contributed by atoms with Crippen molar-refractivity contribution >= 4 is 0 Å². The van der Waals surface area contributed by atoms with Gasteiger partial charge in [-0.1, -0.05) is 0 Å². The van der Waals surface area contributed by atoms with Gasteiger partial charge < -0.3 is 7.43 Å². The Morgan fingerprint density at radius 1 is 1.00 bits per heavy atom. The summed E-state index contributed by atoms with van der Waals surface area (Å²) in [5.74, 6) is 0. The first kappa shape index (κ1) is 10.1. The van der Waals surface area contributed by atoms with Gasteiger partial charge in [0.2, 0.25) is 0 Å². The van der Waals surface area contributed by atoms with Gasteiger partial charge in [0.15, 0.2) is 0 Å². The normalized spacial score (nSPS) is 5.71. The van der Waals surface area contributed by atoms with Gasteiger partial charge in [-0.3, -0.25) is 0 Å². The average molecular weight is 146 g/mol. The van der Waals surface area contributed by atoms with Crippen LogP contribution in [0.3, 0.4) is 0 Å². The first-order valence-corrected chi connectivity index (χ1v) is 1.67. The minimum absolute atomic E-state index is 0. The summed E-state index contributed by atoms with van der Waals surface area (Å²) in [7, 11) is 0. The molecular weight excluding hydrogens is 137 g/mol. The number of hydrogen-bond acceptors (Lipinski definition) is 0. The van der Waals surface area contributed by atoms with Gasteiger partial charge in [0, 0.05) is 19.5 Å². The fraction of sp³-hybridized carbons (Fsp3) is 0. The molecule has 7 heavy (non-hydrogen) atoms. The maximum absolute atomic E-state index is 2.00. The predicted octanol–water partition coefficient (Wildman–Crippen LogP) is 1.85. The Morgan fingerprint density at radius 2 is 1.43 bits per heavy atom. The molecule has 0 amide bonds. The minimum Gasteiger partial charge on any atom is -0.358 e. The summed E-state index contributed by atoms with van der Waals surface area (Å²) in [6.07, 6.45) is 0. The Hall–Kier alpha value is -0.0266. The third-order valence-corrected chi connectivity index (χ3v) is 0.556. The third-order valence-electron chi connectivity index (χ3n) is 0.556. The number of hydrogen-bond donors (Lipinski definition) is 0. The molecular formula is C6H8Zn-2. The topological polar surface area (TPSA) is 0 Å². The molecule has 0 aliphatic heterocycles. The van der Waals surface area contributed by atoms with Gasteiger partial charge in [0.05, 0.1) is 0 Å². The molecule has 1 heteroatoms. The van der Waals surface area contributed by atoms with E-state index in [1.165, 1.54) is 0 Å². The maximum Gasteiger partial charge on any atom is 0 e. The van der Waals surface area contributed by atoms with E-state index in [-0.39, 0.29) is 26.9 Å². The van der Waals surface area contributed by atoms with Gasteiger partial charge in [-0.05, 0) is 0 Å². The molecule has 1 aromatic rings. The Morgan fingerprint density at radius 3 is 1.57 bits per heavy atom. The summed E-state index contributed by atoms with van der Waals surface area (Å²) in [4.78, 5) is 0. The van der Waals surface area contributed by atoms with Crippen LogP contribution in [-0.4, -0.2) is 0 Å². The Labute approximate surface area is 57.7 Å². The first-order valence-electron chi connectivity index (χ1n) is 1.67. The summed E-state index contributed by atoms with van der Waals surface area (Å²) in [5, 5.41) is 0. The van der Waals surface area contributed by atoms with Crippen LogP contribution in [0.4, 0.5) is 0 Å². The van der Waals surface area contributed by atoms with E-state index in [1.807, 2.05) is 30.3 Å². The second kappa shape index (κ2) is 5.97. The Balaban J connectivity index is 0. The molecule has 1 aromatic carbocycles. The van der Waals surface area contributed by atoms with Gasteiger partial charge in [-0.2, -0.15) is 18.2 Å². The SMILES string of the molecule is [CH3-].[Zn].c1cc[cH-]c1. The van der Waals surface area contributed by atoms with Crippen LogP contribution in [0.1, 0.15) is 0 Å². The zero-order valence-electron chi connectivity index (χ0n) is 4.59. The van der Waals surface area contributed by atoms with Crippen LogP contribution in [0, 0.1) is 7.43 Å². The van der Waals surface area contributed by atoms with Crippen molar-refractivity contribution in [2.75, 3.05) is 0 Å². The molecule has 0 unspecified atom stereocenters. The van der Waals surface area contributed by atoms with Crippen molar-refractivity contribution in [2.24, 2.45) is 0 Å². The van der Waals surface area contributed by atoms with Crippen LogP contribution in [0.25, 0.3) is 0 Å². The maximum atomic E-state index is 2.00. The summed E-state index contributed by atoms with van der Waals surface area (Å²) in [6.45, 7) is 0. The van der Waals surface area contributed by atoms with Crippen LogP contribution >= 0.6 is 0 Å². The quantitative estimate of drug-likeness (QED) is 0.386. The molecule has 1 rings (SSSR count). The van der Waals surface area contributed by atoms with Crippen LogP contribution in [0.5, 0.6) is 0 Å². The van der Waals surface area contributed by atoms with Gasteiger partial charge in [-0.15, -0.1) is 0 Å². The van der Waals surface area contributed by atoms with E-state index in [9.17, 15) is 0 Å². The fourth-order valence-corrected chi connectivity index (χ4v) is 0.321. The van der Waals surface area contributed by atoms with Crippen molar-refractivity contribution in [1.29, 1.82) is 0 Å². The van der Waals surface area contributed by atoms with Crippen molar-refractivity contribution in [3.8, 4) is 0 Å². The molecule has 0 aliphatic rings. The summed E-state index contributed by atoms with van der Waals surface area (Å²) < 4.78 is 0. The summed E-state index contributed by atoms with van der Waals surface area (Å²) in [5.41, 5.74) is 0. The molecule has 0 bridgehead atoms. The molecule has 0 radical (unpaired) electrons. The van der Waals surface area contributed by atoms with E-state index in [0.29, 0.717) is 0 Å². The fourth-order valence-electron chi connectivity index (χ4n) is 0.321. The van der Waals surface area contributed by atoms with Crippen molar-refractivity contribution in [3.63, 3.8) is 0 Å². The van der Waals surface area contributed by atoms with E-state index in [1.54, 1.807) is 0 Å². The standard InChI is InChI=1S/C5H5.CH3.Zn/c1-2-4-5-3-1;;/h1-5H;1H3;/q2*-1;. The van der Waals surface area contributed by atoms with E-state index in [2.05, 4.69) is 0 Å². The zero-order chi connectivity index (χ0) is 3.54. The molecule has 36 valence electrons. The second-order valence-corrected chi connectivity index (χ2v) is 0.962. The third kappa shape index (κ3) is 3.81. The van der Waals surface area contributed by atoms with Crippen molar-refractivity contribution in [2.45, 2.75) is 0 Å².